The summed E-state index contributed by atoms with van der Waals surface area (Å²) < 4.78 is 5.88. The van der Waals surface area contributed by atoms with E-state index in [4.69, 9.17) is 27.9 Å². The highest BCUT2D eigenvalue weighted by Gasteiger charge is 2.39. The molecule has 0 saturated heterocycles. The highest BCUT2D eigenvalue weighted by Crippen LogP contribution is 2.41. The predicted octanol–water partition coefficient (Wildman–Crippen LogP) is 3.90. The van der Waals surface area contributed by atoms with Gasteiger partial charge in [-0.2, -0.15) is 0 Å². The van der Waals surface area contributed by atoms with Crippen molar-refractivity contribution in [2.45, 2.75) is 45.1 Å². The Hall–Kier alpha value is -0.380. The SMILES string of the molecule is CCOC1(c2nc(Cl)c(C)c(Cl)n2)CCCC1. The van der Waals surface area contributed by atoms with Crippen molar-refractivity contribution in [1.29, 1.82) is 0 Å². The molecule has 1 saturated carbocycles. The molecule has 0 radical (unpaired) electrons. The third kappa shape index (κ3) is 2.42. The first-order chi connectivity index (χ1) is 8.09. The van der Waals surface area contributed by atoms with Gasteiger partial charge in [0.25, 0.3) is 0 Å². The fourth-order valence-electron chi connectivity index (χ4n) is 2.32. The van der Waals surface area contributed by atoms with E-state index in [1.165, 1.54) is 0 Å². The maximum absolute atomic E-state index is 6.07. The van der Waals surface area contributed by atoms with Crippen LogP contribution in [0.1, 0.15) is 44.0 Å². The smallest absolute Gasteiger partial charge is 0.163 e. The number of hydrogen-bond donors (Lipinski definition) is 0. The van der Waals surface area contributed by atoms with E-state index in [0.29, 0.717) is 22.7 Å². The van der Waals surface area contributed by atoms with Gasteiger partial charge in [-0.25, -0.2) is 9.97 Å². The van der Waals surface area contributed by atoms with Crippen LogP contribution in [0.2, 0.25) is 10.3 Å². The van der Waals surface area contributed by atoms with Crippen molar-refractivity contribution in [3.05, 3.63) is 21.7 Å². The van der Waals surface area contributed by atoms with Crippen LogP contribution in [0.25, 0.3) is 0 Å². The average Bonchev–Trinajstić information content (AvgIpc) is 2.75. The van der Waals surface area contributed by atoms with Crippen LogP contribution in [-0.4, -0.2) is 16.6 Å². The molecule has 17 heavy (non-hydrogen) atoms. The highest BCUT2D eigenvalue weighted by molar-refractivity contribution is 6.34. The first kappa shape index (κ1) is 13.1. The van der Waals surface area contributed by atoms with Crippen LogP contribution in [0, 0.1) is 6.92 Å². The van der Waals surface area contributed by atoms with Crippen LogP contribution < -0.4 is 0 Å². The molecule has 1 aromatic rings. The molecule has 0 atom stereocenters. The minimum Gasteiger partial charge on any atom is -0.367 e. The Balaban J connectivity index is 2.43. The molecule has 1 aromatic heterocycles. The van der Waals surface area contributed by atoms with Crippen LogP contribution in [0.3, 0.4) is 0 Å². The Labute approximate surface area is 112 Å². The largest absolute Gasteiger partial charge is 0.367 e. The van der Waals surface area contributed by atoms with Gasteiger partial charge < -0.3 is 4.74 Å². The van der Waals surface area contributed by atoms with Crippen molar-refractivity contribution in [3.8, 4) is 0 Å². The zero-order valence-electron chi connectivity index (χ0n) is 10.1. The van der Waals surface area contributed by atoms with Gasteiger partial charge in [0, 0.05) is 12.2 Å². The second kappa shape index (κ2) is 5.09. The molecule has 1 aliphatic rings. The topological polar surface area (TPSA) is 35.0 Å². The molecular weight excluding hydrogens is 259 g/mol. The fourth-order valence-corrected chi connectivity index (χ4v) is 2.71. The van der Waals surface area contributed by atoms with E-state index in [1.807, 2.05) is 13.8 Å². The first-order valence-corrected chi connectivity index (χ1v) is 6.69. The van der Waals surface area contributed by atoms with Gasteiger partial charge in [0.15, 0.2) is 5.82 Å². The molecule has 1 fully saturated rings. The minimum atomic E-state index is -0.379. The van der Waals surface area contributed by atoms with Crippen LogP contribution in [-0.2, 0) is 10.3 Å². The molecule has 0 spiro atoms. The molecule has 0 N–H and O–H groups in total. The van der Waals surface area contributed by atoms with Gasteiger partial charge in [0.2, 0.25) is 0 Å². The van der Waals surface area contributed by atoms with Crippen molar-refractivity contribution >= 4 is 23.2 Å². The second-order valence-corrected chi connectivity index (χ2v) is 5.10. The van der Waals surface area contributed by atoms with Crippen molar-refractivity contribution in [1.82, 2.24) is 9.97 Å². The van der Waals surface area contributed by atoms with Gasteiger partial charge in [0.1, 0.15) is 15.9 Å². The molecule has 1 aliphatic carbocycles. The molecule has 0 aliphatic heterocycles. The summed E-state index contributed by atoms with van der Waals surface area (Å²) in [6, 6.07) is 0. The van der Waals surface area contributed by atoms with Crippen LogP contribution >= 0.6 is 23.2 Å². The minimum absolute atomic E-state index is 0.379. The second-order valence-electron chi connectivity index (χ2n) is 4.39. The average molecular weight is 275 g/mol. The number of ether oxygens (including phenoxy) is 1. The molecule has 3 nitrogen and oxygen atoms in total. The third-order valence-corrected chi connectivity index (χ3v) is 4.00. The lowest BCUT2D eigenvalue weighted by atomic mass is 10.0. The lowest BCUT2D eigenvalue weighted by molar-refractivity contribution is -0.0457. The summed E-state index contributed by atoms with van der Waals surface area (Å²) in [5, 5.41) is 0.844. The van der Waals surface area contributed by atoms with E-state index < -0.39 is 0 Å². The molecule has 0 amide bonds. The highest BCUT2D eigenvalue weighted by atomic mass is 35.5. The third-order valence-electron chi connectivity index (χ3n) is 3.27. The number of hydrogen-bond acceptors (Lipinski definition) is 3. The molecule has 0 bridgehead atoms. The Morgan fingerprint density at radius 3 is 2.18 bits per heavy atom. The molecule has 1 heterocycles. The Kier molecular flexibility index (Phi) is 3.91. The zero-order chi connectivity index (χ0) is 12.5. The summed E-state index contributed by atoms with van der Waals surface area (Å²) in [6.07, 6.45) is 4.14. The number of rotatable bonds is 3. The summed E-state index contributed by atoms with van der Waals surface area (Å²) in [6.45, 7) is 4.44. The van der Waals surface area contributed by atoms with Crippen LogP contribution in [0.4, 0.5) is 0 Å². The van der Waals surface area contributed by atoms with Gasteiger partial charge in [-0.3, -0.25) is 0 Å². The summed E-state index contributed by atoms with van der Waals surface area (Å²) in [7, 11) is 0. The molecule has 94 valence electrons. The summed E-state index contributed by atoms with van der Waals surface area (Å²) in [5.41, 5.74) is 0.345. The standard InChI is InChI=1S/C12H16Cl2N2O/c1-3-17-12(6-4-5-7-12)11-15-9(13)8(2)10(14)16-11/h3-7H2,1-2H3. The van der Waals surface area contributed by atoms with E-state index >= 15 is 0 Å². The van der Waals surface area contributed by atoms with E-state index in [2.05, 4.69) is 9.97 Å². The van der Waals surface area contributed by atoms with Crippen molar-refractivity contribution in [2.75, 3.05) is 6.61 Å². The number of halogens is 2. The maximum Gasteiger partial charge on any atom is 0.163 e. The molecule has 2 rings (SSSR count). The molecular formula is C12H16Cl2N2O. The Bertz CT molecular complexity index is 394. The Morgan fingerprint density at radius 2 is 1.71 bits per heavy atom. The summed E-state index contributed by atoms with van der Waals surface area (Å²) in [5.74, 6) is 0.637. The monoisotopic (exact) mass is 274 g/mol. The lowest BCUT2D eigenvalue weighted by Crippen LogP contribution is -2.29. The molecule has 0 aromatic carbocycles. The summed E-state index contributed by atoms with van der Waals surface area (Å²) in [4.78, 5) is 8.70. The van der Waals surface area contributed by atoms with Gasteiger partial charge >= 0.3 is 0 Å². The van der Waals surface area contributed by atoms with E-state index in [-0.39, 0.29) is 5.60 Å². The van der Waals surface area contributed by atoms with Crippen LogP contribution in [0.15, 0.2) is 0 Å². The normalized spacial score (nSPS) is 18.6. The predicted molar refractivity (Wildman–Crippen MR) is 68.6 cm³/mol. The van der Waals surface area contributed by atoms with E-state index in [0.717, 1.165) is 31.2 Å². The zero-order valence-corrected chi connectivity index (χ0v) is 11.6. The van der Waals surface area contributed by atoms with Gasteiger partial charge in [0.05, 0.1) is 0 Å². The Morgan fingerprint density at radius 1 is 1.18 bits per heavy atom. The quantitative estimate of drug-likeness (QED) is 0.785. The molecule has 0 unspecified atom stereocenters. The van der Waals surface area contributed by atoms with E-state index in [9.17, 15) is 0 Å². The number of nitrogens with zero attached hydrogens (tertiary/aromatic N) is 2. The fraction of sp³-hybridized carbons (Fsp3) is 0.667. The molecule has 5 heteroatoms. The lowest BCUT2D eigenvalue weighted by Gasteiger charge is -2.27. The van der Waals surface area contributed by atoms with E-state index in [1.54, 1.807) is 0 Å². The maximum atomic E-state index is 6.07. The first-order valence-electron chi connectivity index (χ1n) is 5.93. The van der Waals surface area contributed by atoms with Crippen molar-refractivity contribution in [2.24, 2.45) is 0 Å². The van der Waals surface area contributed by atoms with Crippen LogP contribution in [0.5, 0.6) is 0 Å². The number of aromatic nitrogens is 2. The van der Waals surface area contributed by atoms with Gasteiger partial charge in [-0.15, -0.1) is 0 Å². The van der Waals surface area contributed by atoms with Gasteiger partial charge in [-0.05, 0) is 39.5 Å². The van der Waals surface area contributed by atoms with Crippen molar-refractivity contribution < 1.29 is 4.74 Å². The summed E-state index contributed by atoms with van der Waals surface area (Å²) >= 11 is 12.1. The van der Waals surface area contributed by atoms with Gasteiger partial charge in [-0.1, -0.05) is 23.2 Å². The van der Waals surface area contributed by atoms with Crippen molar-refractivity contribution in [3.63, 3.8) is 0 Å².